The number of halogens is 2. The first-order valence-electron chi connectivity index (χ1n) is 7.36. The minimum atomic E-state index is -3.03. The van der Waals surface area contributed by atoms with Crippen molar-refractivity contribution in [1.29, 1.82) is 0 Å². The van der Waals surface area contributed by atoms with E-state index in [-0.39, 0.29) is 0 Å². The summed E-state index contributed by atoms with van der Waals surface area (Å²) in [5.74, 6) is 0. The molecule has 1 aliphatic carbocycles. The van der Waals surface area contributed by atoms with Crippen LogP contribution in [0, 0.1) is 0 Å². The lowest BCUT2D eigenvalue weighted by Crippen LogP contribution is -2.43. The van der Waals surface area contributed by atoms with Crippen molar-refractivity contribution in [3.8, 4) is 0 Å². The summed E-state index contributed by atoms with van der Waals surface area (Å²) in [6.07, 6.45) is 2.87. The maximum absolute atomic E-state index is 14.8. The first-order chi connectivity index (χ1) is 9.21. The van der Waals surface area contributed by atoms with Gasteiger partial charge in [-0.1, -0.05) is 35.9 Å². The molecule has 1 aromatic rings. The third-order valence-electron chi connectivity index (χ3n) is 4.10. The van der Waals surface area contributed by atoms with Crippen molar-refractivity contribution in [1.82, 2.24) is 0 Å². The van der Waals surface area contributed by atoms with Crippen LogP contribution in [0.5, 0.6) is 0 Å². The maximum Gasteiger partial charge on any atom is 0.247 e. The first-order valence-corrected chi connectivity index (χ1v) is 13.3. The summed E-state index contributed by atoms with van der Waals surface area (Å²) in [6, 6.07) is 10.1. The second-order valence-corrected chi connectivity index (χ2v) is 14.8. The molecule has 0 saturated carbocycles. The fourth-order valence-electron chi connectivity index (χ4n) is 3.70. The average molecular weight is 311 g/mol. The third-order valence-corrected chi connectivity index (χ3v) is 11.7. The van der Waals surface area contributed by atoms with Gasteiger partial charge in [0, 0.05) is 5.16 Å². The molecule has 0 aromatic heterocycles. The molecule has 4 heteroatoms. The zero-order valence-electron chi connectivity index (χ0n) is 12.8. The largest absolute Gasteiger partial charge is 0.314 e. The topological polar surface area (TPSA) is 0 Å². The van der Waals surface area contributed by atoms with Gasteiger partial charge >= 0.3 is 0 Å². The Kier molecular flexibility index (Phi) is 4.35. The predicted octanol–water partition coefficient (Wildman–Crippen LogP) is 5.88. The van der Waals surface area contributed by atoms with Crippen molar-refractivity contribution in [2.24, 2.45) is 0 Å². The molecule has 0 nitrogen and oxygen atoms in total. The Balaban J connectivity index is 2.52. The van der Waals surface area contributed by atoms with E-state index in [1.165, 1.54) is 5.57 Å². The van der Waals surface area contributed by atoms with E-state index in [0.29, 0.717) is 0 Å². The molecule has 0 N–H and O–H groups in total. The Morgan fingerprint density at radius 1 is 0.900 bits per heavy atom. The van der Waals surface area contributed by atoms with Gasteiger partial charge in [0.15, 0.2) is 0 Å². The van der Waals surface area contributed by atoms with Crippen molar-refractivity contribution < 1.29 is 8.22 Å². The number of allylic oxidation sites excluding steroid dienone is 2. The summed E-state index contributed by atoms with van der Waals surface area (Å²) in [4.78, 5) is 0. The minimum Gasteiger partial charge on any atom is -0.314 e. The zero-order valence-corrected chi connectivity index (χ0v) is 14.8. The quantitative estimate of drug-likeness (QED) is 0.481. The molecule has 0 saturated heterocycles. The molecule has 0 fully saturated rings. The van der Waals surface area contributed by atoms with Crippen LogP contribution in [0.15, 0.2) is 35.9 Å². The van der Waals surface area contributed by atoms with Gasteiger partial charge in [-0.05, 0) is 56.6 Å². The van der Waals surface area contributed by atoms with Crippen LogP contribution >= 0.6 is 0 Å². The van der Waals surface area contributed by atoms with Gasteiger partial charge in [0.05, 0.1) is 0 Å². The van der Waals surface area contributed by atoms with Crippen molar-refractivity contribution in [3.05, 3.63) is 41.5 Å². The van der Waals surface area contributed by atoms with Gasteiger partial charge < -0.3 is 8.22 Å². The monoisotopic (exact) mass is 310 g/mol. The van der Waals surface area contributed by atoms with Crippen LogP contribution < -0.4 is 0 Å². The Hall–Kier alpha value is -0.746. The van der Waals surface area contributed by atoms with Crippen molar-refractivity contribution in [2.75, 3.05) is 0 Å². The molecule has 0 aliphatic heterocycles. The Bertz CT molecular complexity index is 481. The van der Waals surface area contributed by atoms with Crippen LogP contribution in [0.3, 0.4) is 0 Å². The van der Waals surface area contributed by atoms with E-state index in [0.717, 1.165) is 30.4 Å². The maximum atomic E-state index is 14.8. The molecule has 1 aromatic carbocycles. The number of hydrogen-bond donors (Lipinski definition) is 0. The van der Waals surface area contributed by atoms with Gasteiger partial charge in [0.25, 0.3) is 0 Å². The first kappa shape index (κ1) is 15.6. The molecular formula is C16H24F2Si2. The SMILES string of the molecule is C[Si](C)(F)C(C1=C(c2ccccc2)CCC1)[Si](C)(C)F. The summed E-state index contributed by atoms with van der Waals surface area (Å²) >= 11 is 0. The lowest BCUT2D eigenvalue weighted by Gasteiger charge is -2.33. The second kappa shape index (κ2) is 5.56. The molecule has 110 valence electrons. The Morgan fingerprint density at radius 2 is 1.45 bits per heavy atom. The number of rotatable bonds is 4. The molecule has 2 rings (SSSR count). The smallest absolute Gasteiger partial charge is 0.247 e. The molecular weight excluding hydrogens is 286 g/mol. The molecule has 1 aliphatic rings. The van der Waals surface area contributed by atoms with Crippen molar-refractivity contribution in [2.45, 2.75) is 50.6 Å². The second-order valence-electron chi connectivity index (χ2n) is 6.79. The summed E-state index contributed by atoms with van der Waals surface area (Å²) in [5.41, 5.74) is 3.46. The Labute approximate surface area is 123 Å². The van der Waals surface area contributed by atoms with E-state index < -0.39 is 22.0 Å². The van der Waals surface area contributed by atoms with E-state index in [4.69, 9.17) is 0 Å². The molecule has 0 spiro atoms. The van der Waals surface area contributed by atoms with Gasteiger partial charge in [-0.3, -0.25) is 0 Å². The molecule has 0 amide bonds. The van der Waals surface area contributed by atoms with Gasteiger partial charge in [-0.2, -0.15) is 0 Å². The lowest BCUT2D eigenvalue weighted by molar-refractivity contribution is 0.723. The number of benzene rings is 1. The molecule has 0 heterocycles. The van der Waals surface area contributed by atoms with Gasteiger partial charge in [-0.15, -0.1) is 0 Å². The summed E-state index contributed by atoms with van der Waals surface area (Å²) in [6.45, 7) is 6.67. The van der Waals surface area contributed by atoms with Crippen molar-refractivity contribution >= 4 is 22.4 Å². The summed E-state index contributed by atoms with van der Waals surface area (Å²) < 4.78 is 29.6. The van der Waals surface area contributed by atoms with Crippen LogP contribution in [-0.2, 0) is 0 Å². The van der Waals surface area contributed by atoms with E-state index in [2.05, 4.69) is 12.1 Å². The van der Waals surface area contributed by atoms with Crippen molar-refractivity contribution in [3.63, 3.8) is 0 Å². The average Bonchev–Trinajstić information content (AvgIpc) is 2.75. The number of hydrogen-bond acceptors (Lipinski definition) is 0. The highest BCUT2D eigenvalue weighted by Crippen LogP contribution is 2.48. The van der Waals surface area contributed by atoms with Crippen LogP contribution in [-0.4, -0.2) is 16.8 Å². The fourth-order valence-corrected chi connectivity index (χ4v) is 12.5. The molecule has 0 atom stereocenters. The zero-order chi connectivity index (χ0) is 15.0. The van der Waals surface area contributed by atoms with Crippen LogP contribution in [0.1, 0.15) is 24.8 Å². The van der Waals surface area contributed by atoms with Crippen LogP contribution in [0.4, 0.5) is 8.22 Å². The highest BCUT2D eigenvalue weighted by atomic mass is 28.4. The van der Waals surface area contributed by atoms with Crippen LogP contribution in [0.25, 0.3) is 5.57 Å². The van der Waals surface area contributed by atoms with Gasteiger partial charge in [0.2, 0.25) is 16.8 Å². The standard InChI is InChI=1S/C16H24F2Si2/c1-19(2,17)16(20(3,4)18)15-12-8-11-14(15)13-9-6-5-7-10-13/h5-7,9-10,16H,8,11-12H2,1-4H3. The van der Waals surface area contributed by atoms with E-state index >= 15 is 0 Å². The highest BCUT2D eigenvalue weighted by molar-refractivity contribution is 6.92. The Morgan fingerprint density at radius 3 is 1.95 bits per heavy atom. The predicted molar refractivity (Wildman–Crippen MR) is 88.1 cm³/mol. The lowest BCUT2D eigenvalue weighted by atomic mass is 10.0. The molecule has 20 heavy (non-hydrogen) atoms. The normalized spacial score (nSPS) is 17.1. The molecule has 0 unspecified atom stereocenters. The van der Waals surface area contributed by atoms with E-state index in [1.807, 2.05) is 18.2 Å². The fraction of sp³-hybridized carbons (Fsp3) is 0.500. The van der Waals surface area contributed by atoms with E-state index in [1.54, 1.807) is 26.2 Å². The molecule has 0 radical (unpaired) electrons. The third kappa shape index (κ3) is 3.28. The molecule has 0 bridgehead atoms. The highest BCUT2D eigenvalue weighted by Gasteiger charge is 2.49. The minimum absolute atomic E-state index is 0.410. The van der Waals surface area contributed by atoms with Gasteiger partial charge in [0.1, 0.15) is 0 Å². The summed E-state index contributed by atoms with van der Waals surface area (Å²) in [7, 11) is -6.07. The summed E-state index contributed by atoms with van der Waals surface area (Å²) in [5, 5.41) is -0.410. The van der Waals surface area contributed by atoms with E-state index in [9.17, 15) is 8.22 Å². The van der Waals surface area contributed by atoms with Crippen LogP contribution in [0.2, 0.25) is 31.4 Å². The van der Waals surface area contributed by atoms with Gasteiger partial charge in [-0.25, -0.2) is 0 Å².